The number of allylic oxidation sites excluding steroid dienone is 4. The van der Waals surface area contributed by atoms with Crippen LogP contribution in [0.2, 0.25) is 0 Å². The number of sulfonamides is 1. The highest BCUT2D eigenvalue weighted by Crippen LogP contribution is 2.73. The van der Waals surface area contributed by atoms with E-state index in [0.717, 1.165) is 9.88 Å². The molecule has 0 aromatic heterocycles. The van der Waals surface area contributed by atoms with Crippen LogP contribution in [0.25, 0.3) is 0 Å². The largest absolute Gasteiger partial charge is 0.465 e. The number of nitrogens with zero attached hydrogens (tertiary/aromatic N) is 1. The van der Waals surface area contributed by atoms with E-state index < -0.39 is 62.7 Å². The molecule has 1 aliphatic heterocycles. The Morgan fingerprint density at radius 3 is 2.52 bits per heavy atom. The van der Waals surface area contributed by atoms with Crippen molar-refractivity contribution in [2.24, 2.45) is 39.9 Å². The lowest BCUT2D eigenvalue weighted by Crippen LogP contribution is -2.60. The average molecular weight is 598 g/mol. The lowest BCUT2D eigenvalue weighted by Gasteiger charge is -2.60. The minimum Gasteiger partial charge on any atom is -0.465 e. The van der Waals surface area contributed by atoms with Gasteiger partial charge in [0.25, 0.3) is 0 Å². The molecule has 10 heteroatoms. The van der Waals surface area contributed by atoms with Crippen LogP contribution in [0.1, 0.15) is 46.5 Å². The second-order valence-corrected chi connectivity index (χ2v) is 15.1. The molecule has 4 aliphatic carbocycles. The molecule has 5 aliphatic rings. The first-order chi connectivity index (χ1) is 19.9. The minimum absolute atomic E-state index is 0.00877. The number of rotatable bonds is 6. The molecule has 9 atom stereocenters. The van der Waals surface area contributed by atoms with Crippen molar-refractivity contribution >= 4 is 27.6 Å². The summed E-state index contributed by atoms with van der Waals surface area (Å²) in [5, 5.41) is 22.2. The van der Waals surface area contributed by atoms with E-state index in [-0.39, 0.29) is 48.0 Å². The lowest BCUT2D eigenvalue weighted by molar-refractivity contribution is -0.158. The van der Waals surface area contributed by atoms with Gasteiger partial charge in [-0.25, -0.2) is 8.42 Å². The third-order valence-electron chi connectivity index (χ3n) is 11.7. The fraction of sp³-hybridized carbons (Fsp3) is 0.594. The zero-order valence-electron chi connectivity index (χ0n) is 24.2. The van der Waals surface area contributed by atoms with E-state index in [0.29, 0.717) is 19.3 Å². The van der Waals surface area contributed by atoms with Crippen molar-refractivity contribution in [2.45, 2.75) is 63.5 Å². The highest BCUT2D eigenvalue weighted by Gasteiger charge is 2.77. The molecule has 1 heterocycles. The Morgan fingerprint density at radius 1 is 1.14 bits per heavy atom. The van der Waals surface area contributed by atoms with Crippen molar-refractivity contribution in [3.63, 3.8) is 0 Å². The van der Waals surface area contributed by atoms with Crippen molar-refractivity contribution < 1.29 is 37.8 Å². The fourth-order valence-corrected chi connectivity index (χ4v) is 11.7. The SMILES string of the molecule is CCOC(=O)C1[C@@H]2C[C@H]3[C@@H]4CCC5=CC(=O)C=C[C@]5(C)[C@H]4[C@@H](O)C[C@]3(C)[C@]2(C(=O)CO)CN1S(=O)(=O)c1ccccc1. The highest BCUT2D eigenvalue weighted by molar-refractivity contribution is 7.89. The van der Waals surface area contributed by atoms with Crippen LogP contribution in [0, 0.1) is 39.9 Å². The first-order valence-electron chi connectivity index (χ1n) is 14.9. The molecule has 0 radical (unpaired) electrons. The van der Waals surface area contributed by atoms with Gasteiger partial charge in [-0.2, -0.15) is 4.31 Å². The summed E-state index contributed by atoms with van der Waals surface area (Å²) >= 11 is 0. The van der Waals surface area contributed by atoms with E-state index in [9.17, 15) is 33.0 Å². The number of Topliss-reactive ketones (excluding diaryl/α,β-unsaturated/α-hetero) is 1. The van der Waals surface area contributed by atoms with Crippen LogP contribution in [0.3, 0.4) is 0 Å². The number of esters is 1. The summed E-state index contributed by atoms with van der Waals surface area (Å²) in [6.07, 6.45) is 6.29. The van der Waals surface area contributed by atoms with Gasteiger partial charge in [-0.3, -0.25) is 14.4 Å². The molecule has 226 valence electrons. The summed E-state index contributed by atoms with van der Waals surface area (Å²) in [7, 11) is -4.22. The Labute approximate surface area is 246 Å². The first-order valence-corrected chi connectivity index (χ1v) is 16.3. The summed E-state index contributed by atoms with van der Waals surface area (Å²) in [5.41, 5.74) is -1.81. The fourth-order valence-electron chi connectivity index (χ4n) is 9.99. The minimum atomic E-state index is -4.22. The quantitative estimate of drug-likeness (QED) is 0.478. The maximum absolute atomic E-state index is 14.1. The van der Waals surface area contributed by atoms with Gasteiger partial charge in [0.15, 0.2) is 11.6 Å². The van der Waals surface area contributed by atoms with Gasteiger partial charge in [0, 0.05) is 23.8 Å². The van der Waals surface area contributed by atoms with Gasteiger partial charge in [-0.15, -0.1) is 0 Å². The molecule has 9 nitrogen and oxygen atoms in total. The zero-order chi connectivity index (χ0) is 30.2. The standard InChI is InChI=1S/C32H39NO8S/c1-4-41-29(38)28-24-15-23-22-11-10-19-14-20(35)12-13-30(19,2)27(22)25(36)16-31(23,3)32(24,26(37)17-34)18-33(28)42(39,40)21-8-6-5-7-9-21/h5-9,12-14,22-25,27-28,34,36H,4,10-11,15-18H2,1-3H3/t22-,23-,24-,25-,27+,28?,30-,31-,32+/m0/s1. The molecule has 0 spiro atoms. The molecule has 2 N–H and O–H groups in total. The zero-order valence-corrected chi connectivity index (χ0v) is 25.0. The van der Waals surface area contributed by atoms with Crippen LogP contribution in [0.5, 0.6) is 0 Å². The third kappa shape index (κ3) is 3.77. The van der Waals surface area contributed by atoms with Gasteiger partial charge < -0.3 is 14.9 Å². The second kappa shape index (κ2) is 9.94. The number of aliphatic hydroxyl groups excluding tert-OH is 2. The van der Waals surface area contributed by atoms with Crippen LogP contribution in [-0.2, 0) is 29.1 Å². The number of hydrogen-bond donors (Lipinski definition) is 2. The van der Waals surface area contributed by atoms with E-state index in [2.05, 4.69) is 6.92 Å². The van der Waals surface area contributed by atoms with Gasteiger partial charge in [-0.05, 0) is 74.1 Å². The van der Waals surface area contributed by atoms with Gasteiger partial charge in [-0.1, -0.05) is 43.7 Å². The highest BCUT2D eigenvalue weighted by atomic mass is 32.2. The Bertz CT molecular complexity index is 1490. The summed E-state index contributed by atoms with van der Waals surface area (Å²) in [6.45, 7) is 4.63. The van der Waals surface area contributed by atoms with Crippen molar-refractivity contribution in [2.75, 3.05) is 19.8 Å². The van der Waals surface area contributed by atoms with Crippen LogP contribution in [-0.4, -0.2) is 72.4 Å². The Hall–Kier alpha value is -2.66. The van der Waals surface area contributed by atoms with Gasteiger partial charge in [0.1, 0.15) is 12.6 Å². The molecule has 4 fully saturated rings. The molecular weight excluding hydrogens is 558 g/mol. The second-order valence-electron chi connectivity index (χ2n) is 13.2. The van der Waals surface area contributed by atoms with Crippen molar-refractivity contribution in [3.8, 4) is 0 Å². The predicted molar refractivity (Wildman–Crippen MR) is 152 cm³/mol. The number of benzene rings is 1. The number of carbonyl (C=O) groups is 3. The predicted octanol–water partition coefficient (Wildman–Crippen LogP) is 2.68. The van der Waals surface area contributed by atoms with E-state index >= 15 is 0 Å². The molecule has 0 amide bonds. The van der Waals surface area contributed by atoms with Crippen molar-refractivity contribution in [3.05, 3.63) is 54.1 Å². The molecule has 6 rings (SSSR count). The van der Waals surface area contributed by atoms with Gasteiger partial charge >= 0.3 is 5.97 Å². The maximum atomic E-state index is 14.1. The molecule has 1 saturated heterocycles. The molecule has 1 unspecified atom stereocenters. The summed E-state index contributed by atoms with van der Waals surface area (Å²) in [5.74, 6) is -2.36. The van der Waals surface area contributed by atoms with Crippen LogP contribution in [0.15, 0.2) is 59.0 Å². The van der Waals surface area contributed by atoms with Gasteiger partial charge in [0.05, 0.1) is 23.0 Å². The summed E-state index contributed by atoms with van der Waals surface area (Å²) in [4.78, 5) is 39.9. The lowest BCUT2D eigenvalue weighted by atomic mass is 9.44. The van der Waals surface area contributed by atoms with Crippen molar-refractivity contribution in [1.82, 2.24) is 4.31 Å². The van der Waals surface area contributed by atoms with Crippen LogP contribution < -0.4 is 0 Å². The first kappa shape index (κ1) is 29.4. The topological polar surface area (TPSA) is 138 Å². The number of ketones is 2. The molecule has 0 bridgehead atoms. The van der Waals surface area contributed by atoms with E-state index in [1.54, 1.807) is 37.3 Å². The summed E-state index contributed by atoms with van der Waals surface area (Å²) in [6, 6.07) is 6.58. The van der Waals surface area contributed by atoms with Crippen LogP contribution >= 0.6 is 0 Å². The average Bonchev–Trinajstić information content (AvgIpc) is 3.44. The van der Waals surface area contributed by atoms with E-state index in [1.807, 2.05) is 13.0 Å². The molecule has 3 saturated carbocycles. The number of carbonyl (C=O) groups excluding carboxylic acids is 3. The summed E-state index contributed by atoms with van der Waals surface area (Å²) < 4.78 is 34.7. The van der Waals surface area contributed by atoms with Gasteiger partial charge in [0.2, 0.25) is 10.0 Å². The smallest absolute Gasteiger partial charge is 0.324 e. The molecular formula is C32H39NO8S. The normalized spacial score (nSPS) is 40.9. The van der Waals surface area contributed by atoms with E-state index in [1.165, 1.54) is 12.1 Å². The Kier molecular flexibility index (Phi) is 6.96. The maximum Gasteiger partial charge on any atom is 0.324 e. The number of ether oxygens (including phenoxy) is 1. The molecule has 1 aromatic carbocycles. The van der Waals surface area contributed by atoms with Crippen molar-refractivity contribution in [1.29, 1.82) is 0 Å². The number of hydrogen-bond acceptors (Lipinski definition) is 8. The third-order valence-corrected chi connectivity index (χ3v) is 13.5. The number of aliphatic hydroxyl groups is 2. The number of fused-ring (bicyclic) bond motifs is 7. The Morgan fingerprint density at radius 2 is 1.86 bits per heavy atom. The molecule has 1 aromatic rings. The monoisotopic (exact) mass is 597 g/mol. The molecule has 42 heavy (non-hydrogen) atoms. The van der Waals surface area contributed by atoms with E-state index in [4.69, 9.17) is 4.74 Å². The Balaban J connectivity index is 1.49. The van der Waals surface area contributed by atoms with Crippen LogP contribution in [0.4, 0.5) is 0 Å².